The van der Waals surface area contributed by atoms with Crippen LogP contribution in [0.25, 0.3) is 10.9 Å². The summed E-state index contributed by atoms with van der Waals surface area (Å²) in [6, 6.07) is 11.0. The number of rotatable bonds is 9. The van der Waals surface area contributed by atoms with E-state index in [2.05, 4.69) is 4.98 Å². The van der Waals surface area contributed by atoms with Crippen molar-refractivity contribution in [3.63, 3.8) is 0 Å². The molecule has 3 rings (SSSR count). The molecule has 0 bridgehead atoms. The molecular weight excluding hydrogens is 374 g/mol. The molecule has 3 aromatic rings. The van der Waals surface area contributed by atoms with Crippen molar-refractivity contribution < 1.29 is 28.5 Å². The highest BCUT2D eigenvalue weighted by atomic mass is 16.5. The lowest BCUT2D eigenvalue weighted by Gasteiger charge is -2.14. The second kappa shape index (κ2) is 9.14. The molecule has 2 aromatic carbocycles. The normalized spacial score (nSPS) is 10.6. The van der Waals surface area contributed by atoms with Crippen molar-refractivity contribution in [2.75, 3.05) is 27.9 Å². The van der Waals surface area contributed by atoms with Crippen LogP contribution in [0.2, 0.25) is 0 Å². The second-order valence-corrected chi connectivity index (χ2v) is 6.37. The van der Waals surface area contributed by atoms with Gasteiger partial charge in [-0.2, -0.15) is 0 Å². The summed E-state index contributed by atoms with van der Waals surface area (Å²) in [5.74, 6) is 0.829. The molecule has 1 N–H and O–H groups in total. The molecule has 152 valence electrons. The van der Waals surface area contributed by atoms with Crippen LogP contribution in [0.3, 0.4) is 0 Å². The van der Waals surface area contributed by atoms with E-state index in [1.54, 1.807) is 18.3 Å². The van der Waals surface area contributed by atoms with E-state index >= 15 is 0 Å². The van der Waals surface area contributed by atoms with Crippen LogP contribution in [-0.4, -0.2) is 44.7 Å². The third-order valence-corrected chi connectivity index (χ3v) is 4.60. The number of para-hydroxylation sites is 1. The van der Waals surface area contributed by atoms with Gasteiger partial charge in [0, 0.05) is 29.1 Å². The number of esters is 1. The first-order valence-corrected chi connectivity index (χ1v) is 9.11. The number of aryl methyl sites for hydroxylation is 1. The maximum Gasteiger partial charge on any atom is 0.306 e. The van der Waals surface area contributed by atoms with Gasteiger partial charge < -0.3 is 23.9 Å². The van der Waals surface area contributed by atoms with Gasteiger partial charge in [-0.15, -0.1) is 0 Å². The number of nitrogens with one attached hydrogen (secondary N) is 1. The number of hydrogen-bond donors (Lipinski definition) is 1. The highest BCUT2D eigenvalue weighted by Gasteiger charge is 2.16. The average molecular weight is 397 g/mol. The summed E-state index contributed by atoms with van der Waals surface area (Å²) in [5, 5.41) is 0.811. The fourth-order valence-corrected chi connectivity index (χ4v) is 3.12. The lowest BCUT2D eigenvalue weighted by Crippen LogP contribution is -2.14. The van der Waals surface area contributed by atoms with Gasteiger partial charge in [-0.1, -0.05) is 18.2 Å². The lowest BCUT2D eigenvalue weighted by atomic mass is 10.1. The molecule has 0 atom stereocenters. The summed E-state index contributed by atoms with van der Waals surface area (Å²) >= 11 is 0. The van der Waals surface area contributed by atoms with Crippen molar-refractivity contribution in [1.82, 2.24) is 4.98 Å². The number of fused-ring (bicyclic) bond motifs is 1. The minimum atomic E-state index is -0.452. The van der Waals surface area contributed by atoms with Crippen molar-refractivity contribution in [1.29, 1.82) is 0 Å². The molecule has 0 saturated carbocycles. The van der Waals surface area contributed by atoms with Crippen molar-refractivity contribution >= 4 is 22.7 Å². The molecule has 0 aliphatic rings. The Morgan fingerprint density at radius 2 is 1.66 bits per heavy atom. The van der Waals surface area contributed by atoms with Gasteiger partial charge in [0.05, 0.1) is 21.3 Å². The van der Waals surface area contributed by atoms with E-state index in [0.717, 1.165) is 16.5 Å². The molecule has 0 aliphatic heterocycles. The predicted octanol–water partition coefficient (Wildman–Crippen LogP) is 3.55. The molecular formula is C22H23NO6. The van der Waals surface area contributed by atoms with Crippen LogP contribution in [0.15, 0.2) is 42.6 Å². The number of carbonyl (C=O) groups excluding carboxylic acids is 2. The monoisotopic (exact) mass is 397 g/mol. The quantitative estimate of drug-likeness (QED) is 0.439. The van der Waals surface area contributed by atoms with Crippen molar-refractivity contribution in [3.05, 3.63) is 53.7 Å². The smallest absolute Gasteiger partial charge is 0.306 e. The standard InChI is InChI=1S/C22H23NO6/c1-26-19-10-14(11-20(27-2)22(19)28-3)8-9-21(25)29-13-18(24)16-12-23-17-7-5-4-6-15(16)17/h4-7,10-12,23H,8-9,13H2,1-3H3. The van der Waals surface area contributed by atoms with Crippen LogP contribution in [0, 0.1) is 0 Å². The number of ketones is 1. The first kappa shape index (κ1) is 20.3. The molecule has 7 heteroatoms. The predicted molar refractivity (Wildman–Crippen MR) is 108 cm³/mol. The van der Waals surface area contributed by atoms with E-state index in [0.29, 0.717) is 29.2 Å². The van der Waals surface area contributed by atoms with Gasteiger partial charge in [0.15, 0.2) is 18.1 Å². The highest BCUT2D eigenvalue weighted by Crippen LogP contribution is 2.38. The number of hydrogen-bond acceptors (Lipinski definition) is 6. The number of Topliss-reactive ketones (excluding diaryl/α,β-unsaturated/α-hetero) is 1. The second-order valence-electron chi connectivity index (χ2n) is 6.37. The maximum atomic E-state index is 12.4. The number of aromatic nitrogens is 1. The number of aromatic amines is 1. The summed E-state index contributed by atoms with van der Waals surface area (Å²) in [7, 11) is 4.60. The molecule has 0 aliphatic carbocycles. The van der Waals surface area contributed by atoms with Crippen molar-refractivity contribution in [2.24, 2.45) is 0 Å². The molecule has 0 amide bonds. The number of methoxy groups -OCH3 is 3. The van der Waals surface area contributed by atoms with E-state index in [-0.39, 0.29) is 18.8 Å². The highest BCUT2D eigenvalue weighted by molar-refractivity contribution is 6.08. The van der Waals surface area contributed by atoms with Crippen LogP contribution in [-0.2, 0) is 16.0 Å². The zero-order chi connectivity index (χ0) is 20.8. The van der Waals surface area contributed by atoms with Crippen molar-refractivity contribution in [2.45, 2.75) is 12.8 Å². The van der Waals surface area contributed by atoms with E-state index in [4.69, 9.17) is 18.9 Å². The average Bonchev–Trinajstić information content (AvgIpc) is 3.19. The minimum absolute atomic E-state index is 0.125. The van der Waals surface area contributed by atoms with Crippen LogP contribution < -0.4 is 14.2 Å². The van der Waals surface area contributed by atoms with Gasteiger partial charge in [-0.05, 0) is 30.2 Å². The van der Waals surface area contributed by atoms with Crippen LogP contribution in [0.5, 0.6) is 17.2 Å². The molecule has 0 unspecified atom stereocenters. The molecule has 0 saturated heterocycles. The molecule has 0 spiro atoms. The largest absolute Gasteiger partial charge is 0.493 e. The Hall–Kier alpha value is -3.48. The van der Waals surface area contributed by atoms with Crippen molar-refractivity contribution in [3.8, 4) is 17.2 Å². The van der Waals surface area contributed by atoms with Gasteiger partial charge in [-0.3, -0.25) is 9.59 Å². The Labute approximate surface area is 168 Å². The van der Waals surface area contributed by atoms with E-state index in [1.165, 1.54) is 21.3 Å². The molecule has 1 aromatic heterocycles. The Bertz CT molecular complexity index is 998. The fourth-order valence-electron chi connectivity index (χ4n) is 3.12. The Morgan fingerprint density at radius 3 is 2.31 bits per heavy atom. The molecule has 1 heterocycles. The summed E-state index contributed by atoms with van der Waals surface area (Å²) in [4.78, 5) is 27.5. The summed E-state index contributed by atoms with van der Waals surface area (Å²) in [6.07, 6.45) is 2.17. The Morgan fingerprint density at radius 1 is 0.966 bits per heavy atom. The fraction of sp³-hybridized carbons (Fsp3) is 0.273. The van der Waals surface area contributed by atoms with Gasteiger partial charge in [0.25, 0.3) is 0 Å². The minimum Gasteiger partial charge on any atom is -0.493 e. The third-order valence-electron chi connectivity index (χ3n) is 4.60. The Kier molecular flexibility index (Phi) is 6.39. The van der Waals surface area contributed by atoms with Crippen LogP contribution in [0.4, 0.5) is 0 Å². The summed E-state index contributed by atoms with van der Waals surface area (Å²) in [5.41, 5.74) is 2.21. The van der Waals surface area contributed by atoms with E-state index in [1.807, 2.05) is 24.3 Å². The SMILES string of the molecule is COc1cc(CCC(=O)OCC(=O)c2c[nH]c3ccccc23)cc(OC)c1OC. The van der Waals surface area contributed by atoms with E-state index in [9.17, 15) is 9.59 Å². The first-order valence-electron chi connectivity index (χ1n) is 9.11. The summed E-state index contributed by atoms with van der Waals surface area (Å²) in [6.45, 7) is -0.296. The lowest BCUT2D eigenvalue weighted by molar-refractivity contribution is -0.142. The van der Waals surface area contributed by atoms with Gasteiger partial charge in [0.1, 0.15) is 0 Å². The molecule has 0 fully saturated rings. The number of benzene rings is 2. The molecule has 7 nitrogen and oxygen atoms in total. The van der Waals surface area contributed by atoms with Gasteiger partial charge >= 0.3 is 5.97 Å². The topological polar surface area (TPSA) is 86.9 Å². The Balaban J connectivity index is 1.58. The van der Waals surface area contributed by atoms with Gasteiger partial charge in [-0.25, -0.2) is 0 Å². The summed E-state index contributed by atoms with van der Waals surface area (Å²) < 4.78 is 21.1. The van der Waals surface area contributed by atoms with E-state index < -0.39 is 5.97 Å². The number of carbonyl (C=O) groups is 2. The number of ether oxygens (including phenoxy) is 4. The number of H-pyrrole nitrogens is 1. The zero-order valence-corrected chi connectivity index (χ0v) is 16.6. The van der Waals surface area contributed by atoms with Crippen LogP contribution in [0.1, 0.15) is 22.3 Å². The molecule has 0 radical (unpaired) electrons. The first-order chi connectivity index (χ1) is 14.1. The van der Waals surface area contributed by atoms with Gasteiger partial charge in [0.2, 0.25) is 11.5 Å². The molecule has 29 heavy (non-hydrogen) atoms. The zero-order valence-electron chi connectivity index (χ0n) is 16.6. The maximum absolute atomic E-state index is 12.4. The third kappa shape index (κ3) is 4.51. The van der Waals surface area contributed by atoms with Crippen LogP contribution >= 0.6 is 0 Å².